The van der Waals surface area contributed by atoms with Gasteiger partial charge in [0.2, 0.25) is 0 Å². The zero-order valence-corrected chi connectivity index (χ0v) is 11.5. The Kier molecular flexibility index (Phi) is 4.04. The van der Waals surface area contributed by atoms with Gasteiger partial charge in [-0.25, -0.2) is 0 Å². The molecule has 0 bridgehead atoms. The molecule has 2 N–H and O–H groups in total. The van der Waals surface area contributed by atoms with Gasteiger partial charge in [0.1, 0.15) is 0 Å². The molecule has 2 aromatic rings. The second-order valence-electron chi connectivity index (χ2n) is 4.43. The predicted molar refractivity (Wildman–Crippen MR) is 74.7 cm³/mol. The summed E-state index contributed by atoms with van der Waals surface area (Å²) in [5.41, 5.74) is 9.41. The van der Waals surface area contributed by atoms with Crippen LogP contribution >= 0.6 is 11.6 Å². The van der Waals surface area contributed by atoms with Crippen LogP contribution in [0.2, 0.25) is 5.02 Å². The molecule has 0 aliphatic rings. The van der Waals surface area contributed by atoms with Crippen molar-refractivity contribution in [3.63, 3.8) is 0 Å². The molecular weight excluding hydrogens is 246 g/mol. The van der Waals surface area contributed by atoms with Crippen LogP contribution in [0.1, 0.15) is 29.9 Å². The SMILES string of the molecule is CCn1nc(C)cc1C(N)Cc1ccccc1Cl. The standard InChI is InChI=1S/C14H18ClN3/c1-3-18-14(8-10(2)17-18)13(16)9-11-6-4-5-7-12(11)15/h4-8,13H,3,9,16H2,1-2H3. The zero-order chi connectivity index (χ0) is 13.1. The van der Waals surface area contributed by atoms with E-state index in [2.05, 4.69) is 12.0 Å². The Labute approximate surface area is 113 Å². The van der Waals surface area contributed by atoms with Crippen molar-refractivity contribution in [2.75, 3.05) is 0 Å². The lowest BCUT2D eigenvalue weighted by atomic mass is 10.0. The van der Waals surface area contributed by atoms with Gasteiger partial charge in [-0.2, -0.15) is 5.10 Å². The van der Waals surface area contributed by atoms with Gasteiger partial charge in [0.05, 0.1) is 17.4 Å². The van der Waals surface area contributed by atoms with Gasteiger partial charge in [-0.3, -0.25) is 4.68 Å². The van der Waals surface area contributed by atoms with E-state index in [0.29, 0.717) is 0 Å². The number of halogens is 1. The molecule has 1 heterocycles. The molecule has 0 saturated heterocycles. The smallest absolute Gasteiger partial charge is 0.0597 e. The molecule has 0 aliphatic carbocycles. The highest BCUT2D eigenvalue weighted by molar-refractivity contribution is 6.31. The van der Waals surface area contributed by atoms with Crippen LogP contribution in [0.5, 0.6) is 0 Å². The molecule has 1 unspecified atom stereocenters. The summed E-state index contributed by atoms with van der Waals surface area (Å²) < 4.78 is 1.96. The average Bonchev–Trinajstić information content (AvgIpc) is 2.73. The molecule has 4 heteroatoms. The van der Waals surface area contributed by atoms with E-state index in [-0.39, 0.29) is 6.04 Å². The highest BCUT2D eigenvalue weighted by atomic mass is 35.5. The molecule has 96 valence electrons. The molecule has 1 atom stereocenters. The maximum atomic E-state index is 6.27. The molecule has 0 amide bonds. The molecule has 0 radical (unpaired) electrons. The summed E-state index contributed by atoms with van der Waals surface area (Å²) in [4.78, 5) is 0. The second kappa shape index (κ2) is 5.55. The number of nitrogens with zero attached hydrogens (tertiary/aromatic N) is 2. The fourth-order valence-electron chi connectivity index (χ4n) is 2.12. The van der Waals surface area contributed by atoms with Gasteiger partial charge in [-0.05, 0) is 38.0 Å². The Morgan fingerprint density at radius 3 is 2.78 bits per heavy atom. The van der Waals surface area contributed by atoms with Crippen molar-refractivity contribution in [1.29, 1.82) is 0 Å². The van der Waals surface area contributed by atoms with Crippen LogP contribution in [0, 0.1) is 6.92 Å². The summed E-state index contributed by atoms with van der Waals surface area (Å²) >= 11 is 6.16. The highest BCUT2D eigenvalue weighted by Crippen LogP contribution is 2.22. The number of hydrogen-bond donors (Lipinski definition) is 1. The van der Waals surface area contributed by atoms with Crippen molar-refractivity contribution < 1.29 is 0 Å². The largest absolute Gasteiger partial charge is 0.322 e. The Morgan fingerprint density at radius 1 is 1.39 bits per heavy atom. The van der Waals surface area contributed by atoms with Crippen LogP contribution < -0.4 is 5.73 Å². The Hall–Kier alpha value is -1.32. The fourth-order valence-corrected chi connectivity index (χ4v) is 2.34. The molecular formula is C14H18ClN3. The summed E-state index contributed by atoms with van der Waals surface area (Å²) in [5.74, 6) is 0. The van der Waals surface area contributed by atoms with Gasteiger partial charge >= 0.3 is 0 Å². The molecule has 1 aromatic heterocycles. The number of hydrogen-bond acceptors (Lipinski definition) is 2. The number of benzene rings is 1. The molecule has 2 rings (SSSR count). The Bertz CT molecular complexity index is 534. The normalized spacial score (nSPS) is 12.7. The maximum Gasteiger partial charge on any atom is 0.0597 e. The van der Waals surface area contributed by atoms with Crippen molar-refractivity contribution >= 4 is 11.6 Å². The lowest BCUT2D eigenvalue weighted by Gasteiger charge is -2.14. The number of rotatable bonds is 4. The molecule has 0 spiro atoms. The lowest BCUT2D eigenvalue weighted by molar-refractivity contribution is 0.566. The minimum absolute atomic E-state index is 0.0777. The zero-order valence-electron chi connectivity index (χ0n) is 10.7. The van der Waals surface area contributed by atoms with Crippen LogP contribution in [-0.4, -0.2) is 9.78 Å². The van der Waals surface area contributed by atoms with Crippen molar-refractivity contribution in [2.45, 2.75) is 32.9 Å². The summed E-state index contributed by atoms with van der Waals surface area (Å²) in [6, 6.07) is 9.79. The van der Waals surface area contributed by atoms with Gasteiger partial charge in [0.25, 0.3) is 0 Å². The maximum absolute atomic E-state index is 6.27. The number of aryl methyl sites for hydroxylation is 2. The molecule has 18 heavy (non-hydrogen) atoms. The number of aromatic nitrogens is 2. The first kappa shape index (κ1) is 13.1. The van der Waals surface area contributed by atoms with E-state index >= 15 is 0 Å². The first-order valence-electron chi connectivity index (χ1n) is 6.15. The van der Waals surface area contributed by atoms with Gasteiger partial charge < -0.3 is 5.73 Å². The van der Waals surface area contributed by atoms with E-state index in [0.717, 1.165) is 34.9 Å². The van der Waals surface area contributed by atoms with E-state index < -0.39 is 0 Å². The van der Waals surface area contributed by atoms with Gasteiger partial charge in [-0.15, -0.1) is 0 Å². The topological polar surface area (TPSA) is 43.8 Å². The van der Waals surface area contributed by atoms with Crippen molar-refractivity contribution in [3.05, 3.63) is 52.3 Å². The fraction of sp³-hybridized carbons (Fsp3) is 0.357. The molecule has 0 fully saturated rings. The van der Waals surface area contributed by atoms with E-state index in [1.54, 1.807) is 0 Å². The quantitative estimate of drug-likeness (QED) is 0.921. The minimum atomic E-state index is -0.0777. The second-order valence-corrected chi connectivity index (χ2v) is 4.84. The highest BCUT2D eigenvalue weighted by Gasteiger charge is 2.14. The Morgan fingerprint density at radius 2 is 2.11 bits per heavy atom. The molecule has 3 nitrogen and oxygen atoms in total. The molecule has 1 aromatic carbocycles. The van der Waals surface area contributed by atoms with Gasteiger partial charge in [-0.1, -0.05) is 29.8 Å². The minimum Gasteiger partial charge on any atom is -0.322 e. The first-order chi connectivity index (χ1) is 8.61. The lowest BCUT2D eigenvalue weighted by Crippen LogP contribution is -2.18. The molecule has 0 aliphatic heterocycles. The van der Waals surface area contributed by atoms with Crippen molar-refractivity contribution in [3.8, 4) is 0 Å². The molecule has 0 saturated carbocycles. The average molecular weight is 264 g/mol. The van der Waals surface area contributed by atoms with Gasteiger partial charge in [0, 0.05) is 11.6 Å². The van der Waals surface area contributed by atoms with Crippen LogP contribution in [-0.2, 0) is 13.0 Å². The van der Waals surface area contributed by atoms with E-state index in [4.69, 9.17) is 17.3 Å². The number of nitrogens with two attached hydrogens (primary N) is 1. The van der Waals surface area contributed by atoms with Crippen LogP contribution in [0.3, 0.4) is 0 Å². The van der Waals surface area contributed by atoms with Crippen LogP contribution in [0.25, 0.3) is 0 Å². The van der Waals surface area contributed by atoms with Gasteiger partial charge in [0.15, 0.2) is 0 Å². The third-order valence-electron chi connectivity index (χ3n) is 3.01. The summed E-state index contributed by atoms with van der Waals surface area (Å²) in [7, 11) is 0. The van der Waals surface area contributed by atoms with E-state index in [1.807, 2.05) is 41.9 Å². The predicted octanol–water partition coefficient (Wildman–Crippen LogP) is 3.11. The van der Waals surface area contributed by atoms with Crippen LogP contribution in [0.4, 0.5) is 0 Å². The monoisotopic (exact) mass is 263 g/mol. The van der Waals surface area contributed by atoms with Crippen molar-refractivity contribution in [1.82, 2.24) is 9.78 Å². The Balaban J connectivity index is 2.21. The third-order valence-corrected chi connectivity index (χ3v) is 3.38. The first-order valence-corrected chi connectivity index (χ1v) is 6.53. The summed E-state index contributed by atoms with van der Waals surface area (Å²) in [5, 5.41) is 5.19. The summed E-state index contributed by atoms with van der Waals surface area (Å²) in [6.45, 7) is 4.88. The van der Waals surface area contributed by atoms with E-state index in [9.17, 15) is 0 Å². The van der Waals surface area contributed by atoms with Crippen LogP contribution in [0.15, 0.2) is 30.3 Å². The van der Waals surface area contributed by atoms with Crippen molar-refractivity contribution in [2.24, 2.45) is 5.73 Å². The summed E-state index contributed by atoms with van der Waals surface area (Å²) in [6.07, 6.45) is 0.727. The third kappa shape index (κ3) is 2.74. The van der Waals surface area contributed by atoms with E-state index in [1.165, 1.54) is 0 Å².